The molecule has 1 N–H and O–H groups in total. The van der Waals surface area contributed by atoms with E-state index in [2.05, 4.69) is 25.9 Å². The van der Waals surface area contributed by atoms with E-state index in [1.54, 1.807) is 42.6 Å². The second-order valence-corrected chi connectivity index (χ2v) is 8.68. The molecule has 0 fully saturated rings. The van der Waals surface area contributed by atoms with Gasteiger partial charge in [-0.05, 0) is 77.3 Å². The Morgan fingerprint density at radius 1 is 1.03 bits per heavy atom. The third kappa shape index (κ3) is 3.83. The molecule has 4 nitrogen and oxygen atoms in total. The average molecular weight is 525 g/mol. The third-order valence-electron chi connectivity index (χ3n) is 4.74. The Hall–Kier alpha value is -2.05. The second kappa shape index (κ2) is 8.23. The molecule has 0 atom stereocenters. The number of phenols is 1. The molecule has 4 aromatic rings. The molecule has 4 rings (SSSR count). The van der Waals surface area contributed by atoms with Gasteiger partial charge in [0.05, 0.1) is 20.2 Å². The number of oxazole rings is 1. The van der Waals surface area contributed by atoms with E-state index in [9.17, 15) is 5.11 Å². The molecule has 0 aliphatic heterocycles. The summed E-state index contributed by atoms with van der Waals surface area (Å²) in [5.74, 6) is 0.537. The maximum absolute atomic E-state index is 10.5. The van der Waals surface area contributed by atoms with Gasteiger partial charge in [-0.1, -0.05) is 34.8 Å². The minimum atomic E-state index is 0.0996. The van der Waals surface area contributed by atoms with Gasteiger partial charge in [-0.3, -0.25) is 4.99 Å². The van der Waals surface area contributed by atoms with Crippen molar-refractivity contribution in [2.45, 2.75) is 13.8 Å². The molecule has 0 amide bonds. The summed E-state index contributed by atoms with van der Waals surface area (Å²) in [6.07, 6.45) is 1.59. The number of aliphatic imine (C=N–C) groups is 1. The number of aromatic hydroxyl groups is 1. The Balaban J connectivity index is 1.71. The zero-order chi connectivity index (χ0) is 21.6. The van der Waals surface area contributed by atoms with Crippen molar-refractivity contribution >= 4 is 73.7 Å². The van der Waals surface area contributed by atoms with Crippen LogP contribution in [0.3, 0.4) is 0 Å². The maximum Gasteiger partial charge on any atom is 0.227 e. The van der Waals surface area contributed by atoms with E-state index in [1.807, 2.05) is 13.8 Å². The minimum Gasteiger partial charge on any atom is -0.506 e. The quantitative estimate of drug-likeness (QED) is 0.274. The largest absolute Gasteiger partial charge is 0.506 e. The first kappa shape index (κ1) is 21.2. The van der Waals surface area contributed by atoms with Crippen LogP contribution in [0, 0.1) is 13.8 Å². The van der Waals surface area contributed by atoms with E-state index in [4.69, 9.17) is 39.2 Å². The zero-order valence-electron chi connectivity index (χ0n) is 15.8. The molecule has 1 aromatic heterocycles. The Labute approximate surface area is 196 Å². The molecule has 152 valence electrons. The lowest BCUT2D eigenvalue weighted by Crippen LogP contribution is -1.94. The van der Waals surface area contributed by atoms with Gasteiger partial charge in [0.2, 0.25) is 5.89 Å². The summed E-state index contributed by atoms with van der Waals surface area (Å²) < 4.78 is 6.37. The van der Waals surface area contributed by atoms with Crippen LogP contribution in [-0.2, 0) is 0 Å². The fourth-order valence-electron chi connectivity index (χ4n) is 3.02. The summed E-state index contributed by atoms with van der Waals surface area (Å²) in [5, 5.41) is 11.9. The number of phenolic OH excluding ortho intramolecular Hbond substituents is 1. The molecule has 8 heteroatoms. The minimum absolute atomic E-state index is 0.0996. The van der Waals surface area contributed by atoms with E-state index < -0.39 is 0 Å². The van der Waals surface area contributed by atoms with Crippen LogP contribution in [0.25, 0.3) is 22.6 Å². The van der Waals surface area contributed by atoms with Crippen molar-refractivity contribution in [3.63, 3.8) is 0 Å². The number of benzene rings is 3. The highest BCUT2D eigenvalue weighted by Gasteiger charge is 2.16. The number of aromatic nitrogens is 1. The first-order valence-electron chi connectivity index (χ1n) is 8.83. The van der Waals surface area contributed by atoms with Crippen molar-refractivity contribution in [1.29, 1.82) is 0 Å². The van der Waals surface area contributed by atoms with E-state index in [0.29, 0.717) is 47.8 Å². The smallest absolute Gasteiger partial charge is 0.227 e. The van der Waals surface area contributed by atoms with Crippen LogP contribution < -0.4 is 0 Å². The molecule has 0 radical (unpaired) electrons. The van der Waals surface area contributed by atoms with Gasteiger partial charge >= 0.3 is 0 Å². The lowest BCUT2D eigenvalue weighted by molar-refractivity contribution is 0.470. The van der Waals surface area contributed by atoms with E-state index in [1.165, 1.54) is 0 Å². The lowest BCUT2D eigenvalue weighted by atomic mass is 10.0. The van der Waals surface area contributed by atoms with Crippen molar-refractivity contribution in [1.82, 2.24) is 4.98 Å². The van der Waals surface area contributed by atoms with Gasteiger partial charge in [0, 0.05) is 22.4 Å². The SMILES string of the molecule is Cc1c(Cl)c(C)c(C=Nc2ccc3oc(-c4ccc(Cl)c(Cl)c4)nc3c2)c(O)c1Br. The summed E-state index contributed by atoms with van der Waals surface area (Å²) in [5.41, 5.74) is 4.73. The number of hydrogen-bond donors (Lipinski definition) is 1. The molecule has 0 spiro atoms. The maximum atomic E-state index is 10.5. The van der Waals surface area contributed by atoms with Crippen LogP contribution in [0.1, 0.15) is 16.7 Å². The van der Waals surface area contributed by atoms with Crippen LogP contribution in [-0.4, -0.2) is 16.3 Å². The van der Waals surface area contributed by atoms with Crippen molar-refractivity contribution in [2.75, 3.05) is 0 Å². The molecule has 0 bridgehead atoms. The summed E-state index contributed by atoms with van der Waals surface area (Å²) >= 11 is 21.8. The second-order valence-electron chi connectivity index (χ2n) is 6.70. The summed E-state index contributed by atoms with van der Waals surface area (Å²) in [6.45, 7) is 3.68. The van der Waals surface area contributed by atoms with Gasteiger partial charge in [-0.2, -0.15) is 0 Å². The highest BCUT2D eigenvalue weighted by atomic mass is 79.9. The molecule has 0 unspecified atom stereocenters. The molecule has 3 aromatic carbocycles. The van der Waals surface area contributed by atoms with Crippen LogP contribution in [0.5, 0.6) is 5.75 Å². The topological polar surface area (TPSA) is 58.6 Å². The highest BCUT2D eigenvalue weighted by molar-refractivity contribution is 9.10. The molecular weight excluding hydrogens is 511 g/mol. The van der Waals surface area contributed by atoms with E-state index in [0.717, 1.165) is 16.7 Å². The zero-order valence-corrected chi connectivity index (χ0v) is 19.7. The summed E-state index contributed by atoms with van der Waals surface area (Å²) in [4.78, 5) is 9.01. The van der Waals surface area contributed by atoms with E-state index >= 15 is 0 Å². The fraction of sp³-hybridized carbons (Fsp3) is 0.0909. The molecule has 1 heterocycles. The van der Waals surface area contributed by atoms with Gasteiger partial charge < -0.3 is 9.52 Å². The van der Waals surface area contributed by atoms with Gasteiger partial charge in [0.1, 0.15) is 11.3 Å². The Bertz CT molecular complexity index is 1300. The number of hydrogen-bond acceptors (Lipinski definition) is 4. The number of rotatable bonds is 3. The molecule has 0 saturated heterocycles. The number of nitrogens with zero attached hydrogens (tertiary/aromatic N) is 2. The van der Waals surface area contributed by atoms with Crippen molar-refractivity contribution in [3.8, 4) is 17.2 Å². The van der Waals surface area contributed by atoms with Crippen molar-refractivity contribution in [3.05, 3.63) is 72.6 Å². The highest BCUT2D eigenvalue weighted by Crippen LogP contribution is 2.38. The summed E-state index contributed by atoms with van der Waals surface area (Å²) in [7, 11) is 0. The van der Waals surface area contributed by atoms with Crippen LogP contribution in [0.15, 0.2) is 50.3 Å². The average Bonchev–Trinajstić information content (AvgIpc) is 3.16. The Kier molecular flexibility index (Phi) is 5.82. The molecule has 0 saturated carbocycles. The van der Waals surface area contributed by atoms with Crippen molar-refractivity contribution in [2.24, 2.45) is 4.99 Å². The van der Waals surface area contributed by atoms with Crippen molar-refractivity contribution < 1.29 is 9.52 Å². The van der Waals surface area contributed by atoms with E-state index in [-0.39, 0.29) is 5.75 Å². The van der Waals surface area contributed by atoms with Gasteiger partial charge in [-0.15, -0.1) is 0 Å². The Morgan fingerprint density at radius 3 is 2.53 bits per heavy atom. The molecular formula is C22H14BrCl3N2O2. The fourth-order valence-corrected chi connectivity index (χ4v) is 4.04. The lowest BCUT2D eigenvalue weighted by Gasteiger charge is -2.11. The van der Waals surface area contributed by atoms with Crippen LogP contribution in [0.4, 0.5) is 5.69 Å². The number of halogens is 4. The van der Waals surface area contributed by atoms with Crippen LogP contribution >= 0.6 is 50.7 Å². The first-order valence-corrected chi connectivity index (χ1v) is 10.8. The molecule has 30 heavy (non-hydrogen) atoms. The van der Waals surface area contributed by atoms with Crippen LogP contribution in [0.2, 0.25) is 15.1 Å². The van der Waals surface area contributed by atoms with Gasteiger partial charge in [-0.25, -0.2) is 4.98 Å². The predicted octanol–water partition coefficient (Wildman–Crippen LogP) is 8.29. The standard InChI is InChI=1S/C22H14BrCl3N2O2/c1-10-14(21(29)19(23)11(2)20(10)26)9-27-13-4-6-18-17(8-13)28-22(30-18)12-3-5-15(24)16(25)7-12/h3-9,29H,1-2H3. The van der Waals surface area contributed by atoms with Gasteiger partial charge in [0.25, 0.3) is 0 Å². The predicted molar refractivity (Wildman–Crippen MR) is 127 cm³/mol. The number of fused-ring (bicyclic) bond motifs is 1. The Morgan fingerprint density at radius 2 is 1.80 bits per heavy atom. The molecule has 0 aliphatic carbocycles. The molecule has 0 aliphatic rings. The summed E-state index contributed by atoms with van der Waals surface area (Å²) in [6, 6.07) is 10.6. The monoisotopic (exact) mass is 522 g/mol. The first-order chi connectivity index (χ1) is 14.3. The van der Waals surface area contributed by atoms with Gasteiger partial charge in [0.15, 0.2) is 5.58 Å². The normalized spacial score (nSPS) is 11.7. The third-order valence-corrected chi connectivity index (χ3v) is 7.01.